The van der Waals surface area contributed by atoms with Gasteiger partial charge >= 0.3 is 6.18 Å². The van der Waals surface area contributed by atoms with E-state index in [1.54, 1.807) is 0 Å². The molecule has 0 aromatic heterocycles. The number of rotatable bonds is 1. The number of hydrogen-bond acceptors (Lipinski definition) is 1. The topological polar surface area (TPSA) is 26.0 Å². The molecule has 0 saturated carbocycles. The lowest BCUT2D eigenvalue weighted by Gasteiger charge is -2.11. The third-order valence-corrected chi connectivity index (χ3v) is 2.60. The molecule has 14 heavy (non-hydrogen) atoms. The largest absolute Gasteiger partial charge is 0.416 e. The summed E-state index contributed by atoms with van der Waals surface area (Å²) in [5.74, 6) is 0. The Kier molecular flexibility index (Phi) is 3.32. The number of nitrogen functional groups attached to an aromatic ring is 1. The van der Waals surface area contributed by atoms with Crippen LogP contribution in [0.4, 0.5) is 18.9 Å². The molecule has 0 aliphatic heterocycles. The zero-order chi connectivity index (χ0) is 10.9. The van der Waals surface area contributed by atoms with Crippen molar-refractivity contribution < 1.29 is 13.2 Å². The molecule has 0 aliphatic carbocycles. The first kappa shape index (κ1) is 11.7. The van der Waals surface area contributed by atoms with E-state index in [2.05, 4.69) is 15.9 Å². The molecule has 0 aliphatic rings. The number of nitrogens with two attached hydrogens (primary N) is 1. The van der Waals surface area contributed by atoms with Crippen LogP contribution in [0.25, 0.3) is 0 Å². The van der Waals surface area contributed by atoms with E-state index in [4.69, 9.17) is 17.3 Å². The highest BCUT2D eigenvalue weighted by Crippen LogP contribution is 2.35. The van der Waals surface area contributed by atoms with Crippen LogP contribution in [0, 0.1) is 0 Å². The number of anilines is 1. The lowest BCUT2D eigenvalue weighted by Crippen LogP contribution is -2.07. The van der Waals surface area contributed by atoms with E-state index in [-0.39, 0.29) is 16.0 Å². The van der Waals surface area contributed by atoms with Crippen molar-refractivity contribution >= 4 is 33.2 Å². The minimum absolute atomic E-state index is 0.0747. The fourth-order valence-electron chi connectivity index (χ4n) is 0.949. The summed E-state index contributed by atoms with van der Waals surface area (Å²) in [4.78, 5) is 0. The third kappa shape index (κ3) is 2.33. The standard InChI is InChI=1S/C8H6BrClF3N/c9-3-4-1-5(8(11,12)13)2-6(10)7(4)14/h1-2H,3,14H2. The van der Waals surface area contributed by atoms with Crippen LogP contribution in [0.1, 0.15) is 11.1 Å². The summed E-state index contributed by atoms with van der Waals surface area (Å²) >= 11 is 8.60. The summed E-state index contributed by atoms with van der Waals surface area (Å²) in [6.07, 6.45) is -4.39. The summed E-state index contributed by atoms with van der Waals surface area (Å²) < 4.78 is 36.9. The maximum atomic E-state index is 12.3. The van der Waals surface area contributed by atoms with Crippen LogP contribution in [0.5, 0.6) is 0 Å². The second-order valence-corrected chi connectivity index (χ2v) is 3.63. The van der Waals surface area contributed by atoms with Crippen molar-refractivity contribution in [1.29, 1.82) is 0 Å². The SMILES string of the molecule is Nc1c(Cl)cc(C(F)(F)F)cc1CBr. The van der Waals surface area contributed by atoms with Crippen LogP contribution >= 0.6 is 27.5 Å². The van der Waals surface area contributed by atoms with Gasteiger partial charge in [-0.3, -0.25) is 0 Å². The number of halogens is 5. The number of alkyl halides is 4. The van der Waals surface area contributed by atoms with Gasteiger partial charge in [-0.15, -0.1) is 0 Å². The predicted molar refractivity (Wildman–Crippen MR) is 53.5 cm³/mol. The monoisotopic (exact) mass is 287 g/mol. The van der Waals surface area contributed by atoms with Crippen molar-refractivity contribution in [3.8, 4) is 0 Å². The molecule has 0 spiro atoms. The van der Waals surface area contributed by atoms with Gasteiger partial charge in [-0.25, -0.2) is 0 Å². The van der Waals surface area contributed by atoms with Crippen LogP contribution in [-0.4, -0.2) is 0 Å². The lowest BCUT2D eigenvalue weighted by atomic mass is 10.1. The van der Waals surface area contributed by atoms with Gasteiger partial charge in [0.05, 0.1) is 16.3 Å². The van der Waals surface area contributed by atoms with Crippen molar-refractivity contribution in [2.24, 2.45) is 0 Å². The second-order valence-electron chi connectivity index (χ2n) is 2.66. The molecular formula is C8H6BrClF3N. The predicted octanol–water partition coefficient (Wildman–Crippen LogP) is 3.84. The highest BCUT2D eigenvalue weighted by Gasteiger charge is 2.31. The first-order chi connectivity index (χ1) is 6.36. The van der Waals surface area contributed by atoms with E-state index < -0.39 is 11.7 Å². The summed E-state index contributed by atoms with van der Waals surface area (Å²) in [6.45, 7) is 0. The van der Waals surface area contributed by atoms with Crippen LogP contribution in [0.2, 0.25) is 5.02 Å². The Morgan fingerprint density at radius 2 is 1.93 bits per heavy atom. The smallest absolute Gasteiger partial charge is 0.397 e. The molecule has 0 saturated heterocycles. The van der Waals surface area contributed by atoms with E-state index in [1.165, 1.54) is 0 Å². The Hall–Kier alpha value is -0.420. The van der Waals surface area contributed by atoms with E-state index in [9.17, 15) is 13.2 Å². The van der Waals surface area contributed by atoms with Crippen LogP contribution in [-0.2, 0) is 11.5 Å². The van der Waals surface area contributed by atoms with Gasteiger partial charge in [-0.2, -0.15) is 13.2 Å². The zero-order valence-corrected chi connectivity index (χ0v) is 9.17. The molecule has 2 N–H and O–H groups in total. The van der Waals surface area contributed by atoms with Crippen molar-refractivity contribution in [2.75, 3.05) is 5.73 Å². The highest BCUT2D eigenvalue weighted by molar-refractivity contribution is 9.08. The maximum Gasteiger partial charge on any atom is 0.416 e. The van der Waals surface area contributed by atoms with Crippen LogP contribution in [0.3, 0.4) is 0 Å². The fraction of sp³-hybridized carbons (Fsp3) is 0.250. The Morgan fingerprint density at radius 3 is 2.36 bits per heavy atom. The maximum absolute atomic E-state index is 12.3. The van der Waals surface area contributed by atoms with Crippen molar-refractivity contribution in [1.82, 2.24) is 0 Å². The molecule has 0 radical (unpaired) electrons. The zero-order valence-electron chi connectivity index (χ0n) is 6.83. The van der Waals surface area contributed by atoms with Crippen molar-refractivity contribution in [3.63, 3.8) is 0 Å². The normalized spacial score (nSPS) is 11.8. The van der Waals surface area contributed by atoms with Gasteiger partial charge in [0.2, 0.25) is 0 Å². The minimum Gasteiger partial charge on any atom is -0.397 e. The Labute approximate surface area is 92.2 Å². The van der Waals surface area contributed by atoms with Gasteiger partial charge in [0.1, 0.15) is 0 Å². The van der Waals surface area contributed by atoms with Crippen LogP contribution < -0.4 is 5.73 Å². The molecule has 78 valence electrons. The first-order valence-electron chi connectivity index (χ1n) is 3.57. The molecule has 0 bridgehead atoms. The molecule has 6 heteroatoms. The van der Waals surface area contributed by atoms with Crippen LogP contribution in [0.15, 0.2) is 12.1 Å². The quantitative estimate of drug-likeness (QED) is 0.617. The van der Waals surface area contributed by atoms with Gasteiger partial charge in [0.25, 0.3) is 0 Å². The van der Waals surface area contributed by atoms with Gasteiger partial charge in [0.15, 0.2) is 0 Å². The molecule has 1 nitrogen and oxygen atoms in total. The summed E-state index contributed by atoms with van der Waals surface area (Å²) in [6, 6.07) is 1.80. The Morgan fingerprint density at radius 1 is 1.36 bits per heavy atom. The molecule has 0 atom stereocenters. The van der Waals surface area contributed by atoms with E-state index in [1.807, 2.05) is 0 Å². The van der Waals surface area contributed by atoms with Gasteiger partial charge in [0, 0.05) is 5.33 Å². The highest BCUT2D eigenvalue weighted by atomic mass is 79.9. The van der Waals surface area contributed by atoms with Crippen molar-refractivity contribution in [3.05, 3.63) is 28.3 Å². The Bertz CT molecular complexity index is 351. The lowest BCUT2D eigenvalue weighted by molar-refractivity contribution is -0.137. The molecule has 1 aromatic rings. The summed E-state index contributed by atoms with van der Waals surface area (Å²) in [7, 11) is 0. The molecule has 0 amide bonds. The average molecular weight is 288 g/mol. The third-order valence-electron chi connectivity index (χ3n) is 1.69. The summed E-state index contributed by atoms with van der Waals surface area (Å²) in [5.41, 5.74) is 5.21. The second kappa shape index (κ2) is 3.98. The van der Waals surface area contributed by atoms with Gasteiger partial charge in [-0.05, 0) is 17.7 Å². The van der Waals surface area contributed by atoms with E-state index in [0.717, 1.165) is 12.1 Å². The van der Waals surface area contributed by atoms with Gasteiger partial charge < -0.3 is 5.73 Å². The fourth-order valence-corrected chi connectivity index (χ4v) is 1.65. The average Bonchev–Trinajstić information content (AvgIpc) is 2.07. The first-order valence-corrected chi connectivity index (χ1v) is 5.07. The molecule has 0 heterocycles. The molecule has 0 fully saturated rings. The number of benzene rings is 1. The molecule has 1 aromatic carbocycles. The minimum atomic E-state index is -4.39. The Balaban J connectivity index is 3.30. The van der Waals surface area contributed by atoms with E-state index in [0.29, 0.717) is 5.56 Å². The van der Waals surface area contributed by atoms with Crippen molar-refractivity contribution in [2.45, 2.75) is 11.5 Å². The molecular weight excluding hydrogens is 282 g/mol. The van der Waals surface area contributed by atoms with E-state index >= 15 is 0 Å². The molecule has 1 rings (SSSR count). The van der Waals surface area contributed by atoms with Gasteiger partial charge in [-0.1, -0.05) is 27.5 Å². The summed E-state index contributed by atoms with van der Waals surface area (Å²) in [5, 5.41) is 0.164. The number of hydrogen-bond donors (Lipinski definition) is 1. The molecule has 0 unspecified atom stereocenters.